The summed E-state index contributed by atoms with van der Waals surface area (Å²) in [5, 5.41) is 13.0. The molecular formula is C56H58N4O6. The Balaban J connectivity index is 0.000000198. The number of carboxylic acid groups (broad SMARTS) is 1. The number of aromatic nitrogens is 2. The number of nitrogens with zero attached hydrogens (tertiary/aromatic N) is 3. The Morgan fingerprint density at radius 2 is 1.06 bits per heavy atom. The fourth-order valence-corrected chi connectivity index (χ4v) is 7.55. The first-order valence-corrected chi connectivity index (χ1v) is 22.4. The first kappa shape index (κ1) is 46.7. The Bertz CT molecular complexity index is 2700. The molecular weight excluding hydrogens is 825 g/mol. The predicted octanol–water partition coefficient (Wildman–Crippen LogP) is 12.0. The van der Waals surface area contributed by atoms with Gasteiger partial charge in [0.25, 0.3) is 0 Å². The average molecular weight is 883 g/mol. The smallest absolute Gasteiger partial charge is 0.317 e. The second-order valence-electron chi connectivity index (χ2n) is 16.2. The number of nitrogens with one attached hydrogen (secondary N) is 1. The van der Waals surface area contributed by atoms with Crippen molar-refractivity contribution in [1.82, 2.24) is 20.2 Å². The molecule has 2 atom stereocenters. The number of carboxylic acids is 1. The molecule has 338 valence electrons. The summed E-state index contributed by atoms with van der Waals surface area (Å²) in [6, 6.07) is 56.5. The highest BCUT2D eigenvalue weighted by molar-refractivity contribution is 5.69. The minimum absolute atomic E-state index is 0.0363. The van der Waals surface area contributed by atoms with E-state index in [1.807, 2.05) is 159 Å². The van der Waals surface area contributed by atoms with Gasteiger partial charge in [0.2, 0.25) is 11.8 Å². The van der Waals surface area contributed by atoms with Gasteiger partial charge in [-0.25, -0.2) is 9.97 Å². The standard InChI is InChI=1S/C29H30N2O4.C27H28N2O2/c1-21(24-11-5-3-6-12-24)31(20-28(32)33)19-23-10-9-15-26(18-23)34-17-16-27-22(2)35-29(30-27)25-13-7-4-8-14-25;1-20(23-11-5-3-6-12-23)28-19-22-10-9-15-25(18-22)30-17-16-26-21(2)31-27(29-26)24-13-7-4-8-14-24/h3-15,18,21H,16-17,19-20H2,1-2H3,(H,32,33);3-15,18,20,28H,16-17,19H2,1-2H3/t21-;20-/m00/s1. The van der Waals surface area contributed by atoms with Gasteiger partial charge in [0.15, 0.2) is 0 Å². The number of ether oxygens (including phenoxy) is 2. The molecule has 0 saturated heterocycles. The van der Waals surface area contributed by atoms with Crippen LogP contribution in [0.3, 0.4) is 0 Å². The maximum atomic E-state index is 11.5. The number of rotatable bonds is 20. The number of carbonyl (C=O) groups is 1. The fourth-order valence-electron chi connectivity index (χ4n) is 7.55. The van der Waals surface area contributed by atoms with Gasteiger partial charge in [-0.05, 0) is 98.5 Å². The highest BCUT2D eigenvalue weighted by Crippen LogP contribution is 2.26. The molecule has 0 unspecified atom stereocenters. The second kappa shape index (κ2) is 23.6. The van der Waals surface area contributed by atoms with Crippen LogP contribution in [0.1, 0.15) is 71.1 Å². The highest BCUT2D eigenvalue weighted by Gasteiger charge is 2.20. The minimum Gasteiger partial charge on any atom is -0.493 e. The van der Waals surface area contributed by atoms with Crippen LogP contribution in [0.4, 0.5) is 0 Å². The topological polar surface area (TPSA) is 123 Å². The molecule has 0 aliphatic rings. The molecule has 0 radical (unpaired) electrons. The lowest BCUT2D eigenvalue weighted by Gasteiger charge is -2.28. The summed E-state index contributed by atoms with van der Waals surface area (Å²) >= 11 is 0. The van der Waals surface area contributed by atoms with Crippen molar-refractivity contribution in [1.29, 1.82) is 0 Å². The van der Waals surface area contributed by atoms with Crippen LogP contribution in [-0.4, -0.2) is 45.7 Å². The Hall–Kier alpha value is -7.27. The molecule has 0 spiro atoms. The molecule has 66 heavy (non-hydrogen) atoms. The fraction of sp³-hybridized carbons (Fsp3) is 0.232. The largest absolute Gasteiger partial charge is 0.493 e. The van der Waals surface area contributed by atoms with Crippen molar-refractivity contribution in [3.05, 3.63) is 215 Å². The molecule has 10 nitrogen and oxygen atoms in total. The van der Waals surface area contributed by atoms with E-state index in [1.165, 1.54) is 11.1 Å². The van der Waals surface area contributed by atoms with Crippen molar-refractivity contribution in [2.45, 2.75) is 65.7 Å². The molecule has 0 aliphatic heterocycles. The highest BCUT2D eigenvalue weighted by atomic mass is 16.5. The maximum Gasteiger partial charge on any atom is 0.317 e. The van der Waals surface area contributed by atoms with Gasteiger partial charge >= 0.3 is 5.97 Å². The average Bonchev–Trinajstić information content (AvgIpc) is 3.92. The molecule has 0 aliphatic carbocycles. The van der Waals surface area contributed by atoms with Gasteiger partial charge in [-0.15, -0.1) is 0 Å². The summed E-state index contributed by atoms with van der Waals surface area (Å²) in [4.78, 5) is 22.7. The zero-order valence-corrected chi connectivity index (χ0v) is 38.1. The van der Waals surface area contributed by atoms with Gasteiger partial charge < -0.3 is 28.7 Å². The summed E-state index contributed by atoms with van der Waals surface area (Å²) in [6.07, 6.45) is 1.33. The summed E-state index contributed by atoms with van der Waals surface area (Å²) in [6.45, 7) is 10.3. The quantitative estimate of drug-likeness (QED) is 0.0765. The van der Waals surface area contributed by atoms with E-state index in [0.29, 0.717) is 50.4 Å². The molecule has 10 heteroatoms. The van der Waals surface area contributed by atoms with Crippen molar-refractivity contribution in [2.75, 3.05) is 19.8 Å². The summed E-state index contributed by atoms with van der Waals surface area (Å²) in [5.74, 6) is 3.68. The van der Waals surface area contributed by atoms with Gasteiger partial charge in [-0.1, -0.05) is 121 Å². The monoisotopic (exact) mass is 882 g/mol. The van der Waals surface area contributed by atoms with E-state index in [1.54, 1.807) is 0 Å². The summed E-state index contributed by atoms with van der Waals surface area (Å²) in [5.41, 5.74) is 8.32. The van der Waals surface area contributed by atoms with Crippen LogP contribution < -0.4 is 14.8 Å². The van der Waals surface area contributed by atoms with E-state index in [0.717, 1.165) is 63.2 Å². The Morgan fingerprint density at radius 3 is 1.56 bits per heavy atom. The summed E-state index contributed by atoms with van der Waals surface area (Å²) in [7, 11) is 0. The predicted molar refractivity (Wildman–Crippen MR) is 259 cm³/mol. The molecule has 0 fully saturated rings. The maximum absolute atomic E-state index is 11.5. The van der Waals surface area contributed by atoms with E-state index in [-0.39, 0.29) is 12.6 Å². The molecule has 8 aromatic rings. The number of oxazole rings is 2. The molecule has 8 rings (SSSR count). The van der Waals surface area contributed by atoms with Crippen molar-refractivity contribution in [2.24, 2.45) is 0 Å². The first-order chi connectivity index (χ1) is 32.2. The van der Waals surface area contributed by atoms with E-state index >= 15 is 0 Å². The molecule has 0 amide bonds. The van der Waals surface area contributed by atoms with Crippen molar-refractivity contribution in [3.63, 3.8) is 0 Å². The van der Waals surface area contributed by atoms with Gasteiger partial charge in [0.05, 0.1) is 31.1 Å². The van der Waals surface area contributed by atoms with Crippen LogP contribution in [0.15, 0.2) is 179 Å². The third kappa shape index (κ3) is 13.6. The second-order valence-corrected chi connectivity index (χ2v) is 16.2. The Labute approximate surface area is 387 Å². The zero-order chi connectivity index (χ0) is 46.1. The third-order valence-corrected chi connectivity index (χ3v) is 11.3. The van der Waals surface area contributed by atoms with E-state index in [2.05, 4.69) is 58.6 Å². The molecule has 2 N–H and O–H groups in total. The third-order valence-electron chi connectivity index (χ3n) is 11.3. The van der Waals surface area contributed by atoms with E-state index < -0.39 is 5.97 Å². The number of hydrogen-bond donors (Lipinski definition) is 2. The zero-order valence-electron chi connectivity index (χ0n) is 38.1. The van der Waals surface area contributed by atoms with Crippen LogP contribution in [0, 0.1) is 13.8 Å². The molecule has 2 heterocycles. The van der Waals surface area contributed by atoms with Crippen molar-refractivity contribution in [3.8, 4) is 34.4 Å². The number of benzene rings is 6. The normalized spacial score (nSPS) is 12.0. The van der Waals surface area contributed by atoms with Gasteiger partial charge in [0.1, 0.15) is 23.0 Å². The minimum atomic E-state index is -0.849. The van der Waals surface area contributed by atoms with Crippen molar-refractivity contribution >= 4 is 5.97 Å². The number of aliphatic carboxylic acids is 1. The summed E-state index contributed by atoms with van der Waals surface area (Å²) < 4.78 is 23.7. The molecule has 2 aromatic heterocycles. The van der Waals surface area contributed by atoms with Crippen LogP contribution >= 0.6 is 0 Å². The SMILES string of the molecule is Cc1oc(-c2ccccc2)nc1CCOc1cccc(CN(CC(=O)O)[C@@H](C)c2ccccc2)c1.Cc1oc(-c2ccccc2)nc1CCOc1cccc(CN[C@@H](C)c2ccccc2)c1. The lowest BCUT2D eigenvalue weighted by molar-refractivity contribution is -0.139. The van der Waals surface area contributed by atoms with Gasteiger partial charge in [-0.3, -0.25) is 9.69 Å². The Morgan fingerprint density at radius 1 is 0.606 bits per heavy atom. The van der Waals surface area contributed by atoms with Crippen LogP contribution in [0.25, 0.3) is 22.9 Å². The lowest BCUT2D eigenvalue weighted by atomic mass is 10.1. The van der Waals surface area contributed by atoms with E-state index in [4.69, 9.17) is 18.3 Å². The molecule has 6 aromatic carbocycles. The molecule has 0 saturated carbocycles. The van der Waals surface area contributed by atoms with Crippen LogP contribution in [0.2, 0.25) is 0 Å². The Kier molecular flexibility index (Phi) is 16.7. The van der Waals surface area contributed by atoms with Crippen LogP contribution in [-0.2, 0) is 30.7 Å². The van der Waals surface area contributed by atoms with E-state index in [9.17, 15) is 9.90 Å². The lowest BCUT2D eigenvalue weighted by Crippen LogP contribution is -2.32. The van der Waals surface area contributed by atoms with Crippen molar-refractivity contribution < 1.29 is 28.2 Å². The molecule has 0 bridgehead atoms. The number of hydrogen-bond acceptors (Lipinski definition) is 9. The van der Waals surface area contributed by atoms with Gasteiger partial charge in [0, 0.05) is 49.1 Å². The first-order valence-electron chi connectivity index (χ1n) is 22.4. The van der Waals surface area contributed by atoms with Crippen LogP contribution in [0.5, 0.6) is 11.5 Å². The number of aryl methyl sites for hydroxylation is 2. The van der Waals surface area contributed by atoms with Gasteiger partial charge in [-0.2, -0.15) is 0 Å².